The van der Waals surface area contributed by atoms with E-state index >= 15 is 0 Å². The van der Waals surface area contributed by atoms with Crippen LogP contribution in [0.4, 0.5) is 0 Å². The summed E-state index contributed by atoms with van der Waals surface area (Å²) in [6.45, 7) is 2.01. The molecule has 0 radical (unpaired) electrons. The fourth-order valence-electron chi connectivity index (χ4n) is 2.31. The Bertz CT molecular complexity index is 499. The predicted molar refractivity (Wildman–Crippen MR) is 72.5 cm³/mol. The van der Waals surface area contributed by atoms with Crippen molar-refractivity contribution in [3.8, 4) is 0 Å². The summed E-state index contributed by atoms with van der Waals surface area (Å²) < 4.78 is 5.19. The number of rotatable bonds is 2. The number of carbonyl (C=O) groups excluding carboxylic acids is 1. The summed E-state index contributed by atoms with van der Waals surface area (Å²) in [5.41, 5.74) is 0.0442. The van der Waals surface area contributed by atoms with E-state index in [1.54, 1.807) is 9.80 Å². The number of morpholine rings is 1. The summed E-state index contributed by atoms with van der Waals surface area (Å²) in [7, 11) is 0. The maximum absolute atomic E-state index is 12.4. The van der Waals surface area contributed by atoms with Gasteiger partial charge in [0.2, 0.25) is 0 Å². The van der Waals surface area contributed by atoms with Gasteiger partial charge < -0.3 is 19.6 Å². The van der Waals surface area contributed by atoms with Crippen molar-refractivity contribution in [2.24, 2.45) is 0 Å². The van der Waals surface area contributed by atoms with Gasteiger partial charge in [-0.05, 0) is 0 Å². The molecule has 0 aromatic heterocycles. The van der Waals surface area contributed by atoms with Gasteiger partial charge in [-0.3, -0.25) is 4.79 Å². The first-order valence-electron chi connectivity index (χ1n) is 5.93. The number of hydrogen-bond donors (Lipinski definition) is 1. The highest BCUT2D eigenvalue weighted by molar-refractivity contribution is 8.05. The first kappa shape index (κ1) is 12.9. The van der Waals surface area contributed by atoms with Crippen LogP contribution in [0.3, 0.4) is 0 Å². The minimum atomic E-state index is -1.09. The van der Waals surface area contributed by atoms with Gasteiger partial charge in [0.05, 0.1) is 23.6 Å². The zero-order chi connectivity index (χ0) is 13.6. The van der Waals surface area contributed by atoms with E-state index in [-0.39, 0.29) is 17.0 Å². The van der Waals surface area contributed by atoms with Crippen LogP contribution in [0.2, 0.25) is 0 Å². The van der Waals surface area contributed by atoms with Gasteiger partial charge in [0.1, 0.15) is 10.6 Å². The fourth-order valence-corrected chi connectivity index (χ4v) is 4.24. The molecule has 19 heavy (non-hydrogen) atoms. The lowest BCUT2D eigenvalue weighted by Crippen LogP contribution is -2.47. The average molecular weight is 300 g/mol. The molecule has 0 bridgehead atoms. The summed E-state index contributed by atoms with van der Waals surface area (Å²) in [5.74, 6) is -1.31. The number of hydrogen-bond acceptors (Lipinski definition) is 5. The third-order valence-electron chi connectivity index (χ3n) is 3.31. The van der Waals surface area contributed by atoms with Gasteiger partial charge >= 0.3 is 5.97 Å². The van der Waals surface area contributed by atoms with Gasteiger partial charge in [-0.2, -0.15) is 0 Å². The monoisotopic (exact) mass is 300 g/mol. The number of thiocarbonyl (C=S) groups is 1. The Morgan fingerprint density at radius 2 is 2.05 bits per heavy atom. The summed E-state index contributed by atoms with van der Waals surface area (Å²) in [5, 5.41) is 9.29. The number of carboxylic acids is 1. The molecule has 0 aromatic carbocycles. The molecule has 0 aliphatic carbocycles. The van der Waals surface area contributed by atoms with Gasteiger partial charge in [0.15, 0.2) is 0 Å². The molecular weight excluding hydrogens is 288 g/mol. The van der Waals surface area contributed by atoms with Crippen LogP contribution in [0.1, 0.15) is 6.42 Å². The lowest BCUT2D eigenvalue weighted by Gasteiger charge is -2.37. The molecule has 3 rings (SSSR count). The quantitative estimate of drug-likeness (QED) is 0.733. The Labute approximate surface area is 119 Å². The van der Waals surface area contributed by atoms with Crippen molar-refractivity contribution in [2.45, 2.75) is 11.8 Å². The predicted octanol–water partition coefficient (Wildman–Crippen LogP) is 0.247. The van der Waals surface area contributed by atoms with Crippen molar-refractivity contribution in [1.29, 1.82) is 0 Å². The molecule has 3 aliphatic rings. The molecule has 3 heterocycles. The van der Waals surface area contributed by atoms with Crippen molar-refractivity contribution in [1.82, 2.24) is 9.80 Å². The summed E-state index contributed by atoms with van der Waals surface area (Å²) in [6, 6.07) is 0. The standard InChI is InChI=1S/C11H12N2O4S2/c14-10(12-1-3-17-4-2-12)9-8(11(15)16)13-6(18)5-7(13)19-9/h7H,1-5H2,(H,15,16)/t7-/m0/s1. The van der Waals surface area contributed by atoms with E-state index in [4.69, 9.17) is 17.0 Å². The number of fused-ring (bicyclic) bond motifs is 1. The van der Waals surface area contributed by atoms with Crippen molar-refractivity contribution in [3.05, 3.63) is 10.6 Å². The molecule has 3 aliphatic heterocycles. The maximum Gasteiger partial charge on any atom is 0.353 e. The van der Waals surface area contributed by atoms with E-state index in [0.29, 0.717) is 42.6 Å². The Morgan fingerprint density at radius 1 is 1.37 bits per heavy atom. The van der Waals surface area contributed by atoms with Gasteiger partial charge in [0.25, 0.3) is 5.91 Å². The molecule has 0 spiro atoms. The van der Waals surface area contributed by atoms with Crippen LogP contribution in [0.25, 0.3) is 0 Å². The SMILES string of the molecule is O=C(O)C1=C(C(=O)N2CCOCC2)S[C@H]2CC(=S)N12. The highest BCUT2D eigenvalue weighted by atomic mass is 32.2. The first-order valence-corrected chi connectivity index (χ1v) is 7.21. The molecule has 2 fully saturated rings. The van der Waals surface area contributed by atoms with Gasteiger partial charge in [-0.1, -0.05) is 24.0 Å². The van der Waals surface area contributed by atoms with Crippen molar-refractivity contribution < 1.29 is 19.4 Å². The summed E-state index contributed by atoms with van der Waals surface area (Å²) in [4.78, 5) is 27.9. The smallest absolute Gasteiger partial charge is 0.353 e. The number of nitrogens with zero attached hydrogens (tertiary/aromatic N) is 2. The normalized spacial score (nSPS) is 26.3. The van der Waals surface area contributed by atoms with Gasteiger partial charge in [0, 0.05) is 19.5 Å². The molecule has 102 valence electrons. The Balaban J connectivity index is 1.88. The number of thioether (sulfide) groups is 1. The third kappa shape index (κ3) is 2.03. The molecule has 1 N–H and O–H groups in total. The number of amides is 1. The number of carboxylic acid groups (broad SMARTS) is 1. The lowest BCUT2D eigenvalue weighted by molar-refractivity contribution is -0.135. The van der Waals surface area contributed by atoms with Crippen LogP contribution in [-0.2, 0) is 14.3 Å². The second-order valence-corrected chi connectivity index (χ2v) is 6.09. The molecule has 8 heteroatoms. The van der Waals surface area contributed by atoms with E-state index in [9.17, 15) is 14.7 Å². The summed E-state index contributed by atoms with van der Waals surface area (Å²) >= 11 is 6.39. The molecule has 6 nitrogen and oxygen atoms in total. The largest absolute Gasteiger partial charge is 0.477 e. The molecule has 0 aromatic rings. The van der Waals surface area contributed by atoms with Crippen LogP contribution in [0.5, 0.6) is 0 Å². The van der Waals surface area contributed by atoms with Crippen LogP contribution < -0.4 is 0 Å². The average Bonchev–Trinajstić information content (AvgIpc) is 2.72. The number of ether oxygens (including phenoxy) is 1. The van der Waals surface area contributed by atoms with E-state index < -0.39 is 5.97 Å². The van der Waals surface area contributed by atoms with Crippen LogP contribution in [0.15, 0.2) is 10.6 Å². The van der Waals surface area contributed by atoms with Crippen LogP contribution >= 0.6 is 24.0 Å². The van der Waals surface area contributed by atoms with Crippen molar-refractivity contribution in [2.75, 3.05) is 26.3 Å². The van der Waals surface area contributed by atoms with E-state index in [2.05, 4.69) is 0 Å². The molecule has 0 saturated carbocycles. The highest BCUT2D eigenvalue weighted by Gasteiger charge is 2.48. The summed E-state index contributed by atoms with van der Waals surface area (Å²) in [6.07, 6.45) is 0.663. The minimum absolute atomic E-state index is 0.0152. The number of aliphatic carboxylic acids is 1. The van der Waals surface area contributed by atoms with E-state index in [1.807, 2.05) is 0 Å². The Hall–Kier alpha value is -1.12. The molecule has 2 saturated heterocycles. The van der Waals surface area contributed by atoms with E-state index in [0.717, 1.165) is 0 Å². The fraction of sp³-hybridized carbons (Fsp3) is 0.545. The van der Waals surface area contributed by atoms with Crippen molar-refractivity contribution in [3.63, 3.8) is 0 Å². The van der Waals surface area contributed by atoms with Crippen molar-refractivity contribution >= 4 is 40.8 Å². The van der Waals surface area contributed by atoms with Crippen LogP contribution in [-0.4, -0.2) is 63.4 Å². The van der Waals surface area contributed by atoms with Crippen LogP contribution in [0, 0.1) is 0 Å². The molecule has 0 unspecified atom stereocenters. The minimum Gasteiger partial charge on any atom is -0.477 e. The molecule has 1 amide bonds. The molecule has 1 atom stereocenters. The van der Waals surface area contributed by atoms with Gasteiger partial charge in [-0.25, -0.2) is 4.79 Å². The first-order chi connectivity index (χ1) is 9.09. The van der Waals surface area contributed by atoms with Gasteiger partial charge in [-0.15, -0.1) is 0 Å². The molecular formula is C11H12N2O4S2. The second-order valence-electron chi connectivity index (χ2n) is 4.43. The highest BCUT2D eigenvalue weighted by Crippen LogP contribution is 2.47. The topological polar surface area (TPSA) is 70.1 Å². The lowest BCUT2D eigenvalue weighted by atomic mass is 10.2. The second kappa shape index (κ2) is 4.77. The zero-order valence-electron chi connectivity index (χ0n) is 10.00. The Morgan fingerprint density at radius 3 is 2.63 bits per heavy atom. The Kier molecular flexibility index (Phi) is 3.23. The zero-order valence-corrected chi connectivity index (χ0v) is 11.6. The third-order valence-corrected chi connectivity index (χ3v) is 4.93. The maximum atomic E-state index is 12.4. The van der Waals surface area contributed by atoms with E-state index in [1.165, 1.54) is 11.8 Å². The number of carbonyl (C=O) groups is 2.